The fourth-order valence-electron chi connectivity index (χ4n) is 6.19. The van der Waals surface area contributed by atoms with Crippen LogP contribution >= 0.6 is 0 Å². The molecule has 1 aliphatic heterocycles. The van der Waals surface area contributed by atoms with Gasteiger partial charge in [0.1, 0.15) is 12.6 Å². The Morgan fingerprint density at radius 1 is 1.02 bits per heavy atom. The molecule has 4 rings (SSSR count). The van der Waals surface area contributed by atoms with Crippen LogP contribution in [0.4, 0.5) is 10.5 Å². The number of nitro benzene ring substituents is 1. The molecule has 1 saturated heterocycles. The summed E-state index contributed by atoms with van der Waals surface area (Å²) in [6, 6.07) is 17.5. The van der Waals surface area contributed by atoms with E-state index in [-0.39, 0.29) is 42.6 Å². The van der Waals surface area contributed by atoms with Crippen molar-refractivity contribution >= 4 is 39.8 Å². The average molecular weight is 751 g/mol. The van der Waals surface area contributed by atoms with E-state index in [2.05, 4.69) is 10.5 Å². The largest absolute Gasteiger partial charge is 0.411 e. The first-order valence-corrected chi connectivity index (χ1v) is 18.7. The number of carbonyl (C=O) groups excluding carboxylic acids is 3. The van der Waals surface area contributed by atoms with Gasteiger partial charge in [-0.2, -0.15) is 4.31 Å². The zero-order chi connectivity index (χ0) is 38.9. The lowest BCUT2D eigenvalue weighted by Crippen LogP contribution is -2.57. The highest BCUT2D eigenvalue weighted by molar-refractivity contribution is 7.89. The fourth-order valence-corrected chi connectivity index (χ4v) is 7.81. The standard InChI is InChI=1S/C37H46N6O9S/c1-5-26(4)35(42-24-34(45)41(37(42)47)22-29-12-9-13-30(18-29)43(49)50)36(46)39-32(19-27-10-7-6-8-11-27)33(44)23-40(21-25(2)3)53(51,52)31-16-14-28(15-17-31)20-38-48/h6-18,20,25-26,32-33,35,44,48H,5,19,21-24H2,1-4H3,(H,39,46)/b38-20+/t26-,32-,33+,35-/m0/s1. The number of urea groups is 1. The van der Waals surface area contributed by atoms with Crippen molar-refractivity contribution in [2.75, 3.05) is 19.6 Å². The molecule has 1 heterocycles. The zero-order valence-corrected chi connectivity index (χ0v) is 30.9. The molecule has 0 aliphatic carbocycles. The second-order valence-corrected chi connectivity index (χ2v) is 15.5. The predicted molar refractivity (Wildman–Crippen MR) is 196 cm³/mol. The maximum Gasteiger partial charge on any atom is 0.328 e. The molecule has 0 unspecified atom stereocenters. The molecule has 15 nitrogen and oxygen atoms in total. The number of nitrogens with zero attached hydrogens (tertiary/aromatic N) is 5. The molecule has 3 N–H and O–H groups in total. The Morgan fingerprint density at radius 2 is 1.68 bits per heavy atom. The van der Waals surface area contributed by atoms with Crippen molar-refractivity contribution in [1.82, 2.24) is 19.4 Å². The molecule has 0 saturated carbocycles. The van der Waals surface area contributed by atoms with Crippen molar-refractivity contribution in [3.05, 3.63) is 106 Å². The Hall–Kier alpha value is -5.19. The van der Waals surface area contributed by atoms with E-state index < -0.39 is 63.4 Å². The van der Waals surface area contributed by atoms with Gasteiger partial charge in [-0.25, -0.2) is 13.2 Å². The second kappa shape index (κ2) is 18.0. The van der Waals surface area contributed by atoms with Crippen molar-refractivity contribution in [3.8, 4) is 0 Å². The Kier molecular flexibility index (Phi) is 13.8. The quantitative estimate of drug-likeness (QED) is 0.0564. The van der Waals surface area contributed by atoms with Gasteiger partial charge in [0.25, 0.3) is 11.6 Å². The lowest BCUT2D eigenvalue weighted by atomic mass is 9.95. The van der Waals surface area contributed by atoms with Gasteiger partial charge in [-0.3, -0.25) is 24.6 Å². The molecule has 284 valence electrons. The number of aliphatic hydroxyl groups is 1. The van der Waals surface area contributed by atoms with Gasteiger partial charge in [-0.15, -0.1) is 0 Å². The summed E-state index contributed by atoms with van der Waals surface area (Å²) in [5, 5.41) is 37.8. The van der Waals surface area contributed by atoms with Crippen molar-refractivity contribution in [2.24, 2.45) is 17.0 Å². The topological polar surface area (TPSA) is 203 Å². The van der Waals surface area contributed by atoms with E-state index in [1.54, 1.807) is 25.1 Å². The smallest absolute Gasteiger partial charge is 0.328 e. The number of non-ortho nitro benzene ring substituents is 1. The Balaban J connectivity index is 1.62. The molecule has 16 heteroatoms. The molecule has 53 heavy (non-hydrogen) atoms. The highest BCUT2D eigenvalue weighted by Crippen LogP contribution is 2.25. The molecule has 1 fully saturated rings. The van der Waals surface area contributed by atoms with Crippen LogP contribution in [0.2, 0.25) is 0 Å². The molecule has 3 aromatic rings. The number of nitro groups is 1. The van der Waals surface area contributed by atoms with Gasteiger partial charge < -0.3 is 20.5 Å². The average Bonchev–Trinajstić information content (AvgIpc) is 3.39. The molecular weight excluding hydrogens is 705 g/mol. The number of oxime groups is 1. The van der Waals surface area contributed by atoms with Gasteiger partial charge >= 0.3 is 6.03 Å². The molecular formula is C37H46N6O9S. The normalized spacial score (nSPS) is 16.0. The summed E-state index contributed by atoms with van der Waals surface area (Å²) >= 11 is 0. The molecule has 4 atom stereocenters. The maximum absolute atomic E-state index is 14.3. The summed E-state index contributed by atoms with van der Waals surface area (Å²) < 4.78 is 29.0. The number of imide groups is 1. The first-order valence-electron chi connectivity index (χ1n) is 17.3. The zero-order valence-electron chi connectivity index (χ0n) is 30.1. The molecule has 0 radical (unpaired) electrons. The number of carbonyl (C=O) groups is 3. The van der Waals surface area contributed by atoms with Crippen LogP contribution in [-0.2, 0) is 32.6 Å². The summed E-state index contributed by atoms with van der Waals surface area (Å²) in [5.74, 6) is -1.76. The highest BCUT2D eigenvalue weighted by Gasteiger charge is 2.45. The first-order chi connectivity index (χ1) is 25.2. The first kappa shape index (κ1) is 40.6. The number of rotatable bonds is 18. The maximum atomic E-state index is 14.3. The Morgan fingerprint density at radius 3 is 2.28 bits per heavy atom. The number of sulfonamides is 1. The van der Waals surface area contributed by atoms with E-state index in [9.17, 15) is 38.0 Å². The monoisotopic (exact) mass is 750 g/mol. The molecule has 0 aromatic heterocycles. The van der Waals surface area contributed by atoms with Crippen molar-refractivity contribution in [2.45, 2.75) is 70.2 Å². The fraction of sp³-hybridized carbons (Fsp3) is 0.405. The van der Waals surface area contributed by atoms with Gasteiger partial charge in [-0.1, -0.05) is 93.9 Å². The van der Waals surface area contributed by atoms with Crippen LogP contribution in [0.15, 0.2) is 88.9 Å². The van der Waals surface area contributed by atoms with Crippen LogP contribution in [0, 0.1) is 22.0 Å². The van der Waals surface area contributed by atoms with Gasteiger partial charge in [-0.05, 0) is 47.1 Å². The third-order valence-corrected chi connectivity index (χ3v) is 11.0. The van der Waals surface area contributed by atoms with Gasteiger partial charge in [0, 0.05) is 25.2 Å². The van der Waals surface area contributed by atoms with Crippen molar-refractivity contribution < 1.29 is 38.0 Å². The van der Waals surface area contributed by atoms with Crippen LogP contribution in [-0.4, -0.2) is 99.6 Å². The van der Waals surface area contributed by atoms with Crippen molar-refractivity contribution in [1.29, 1.82) is 0 Å². The van der Waals surface area contributed by atoms with Crippen LogP contribution in [0.1, 0.15) is 50.8 Å². The molecule has 1 aliphatic rings. The second-order valence-electron chi connectivity index (χ2n) is 13.5. The summed E-state index contributed by atoms with van der Waals surface area (Å²) in [4.78, 5) is 54.0. The van der Waals surface area contributed by atoms with E-state index in [4.69, 9.17) is 5.21 Å². The number of amides is 4. The molecule has 0 bridgehead atoms. The van der Waals surface area contributed by atoms with Crippen LogP contribution < -0.4 is 5.32 Å². The van der Waals surface area contributed by atoms with E-state index in [0.29, 0.717) is 17.5 Å². The van der Waals surface area contributed by atoms with Crippen molar-refractivity contribution in [3.63, 3.8) is 0 Å². The number of hydrogen-bond donors (Lipinski definition) is 3. The number of aliphatic hydroxyl groups excluding tert-OH is 1. The molecule has 0 spiro atoms. The number of benzene rings is 3. The lowest BCUT2D eigenvalue weighted by molar-refractivity contribution is -0.384. The minimum Gasteiger partial charge on any atom is -0.411 e. The Bertz CT molecular complexity index is 1890. The number of hydrogen-bond acceptors (Lipinski definition) is 10. The summed E-state index contributed by atoms with van der Waals surface area (Å²) in [7, 11) is -4.14. The summed E-state index contributed by atoms with van der Waals surface area (Å²) in [6.07, 6.45) is 0.330. The highest BCUT2D eigenvalue weighted by atomic mass is 32.2. The molecule has 3 aromatic carbocycles. The van der Waals surface area contributed by atoms with Gasteiger partial charge in [0.2, 0.25) is 15.9 Å². The third-order valence-electron chi connectivity index (χ3n) is 9.11. The SMILES string of the molecule is CC[C@H](C)[C@@H](C(=O)N[C@@H](Cc1ccccc1)[C@H](O)CN(CC(C)C)S(=O)(=O)c1ccc(/C=N/O)cc1)N1CC(=O)N(Cc2cccc([N+](=O)[O-])c2)C1=O. The minimum atomic E-state index is -4.14. The van der Waals surface area contributed by atoms with E-state index in [0.717, 1.165) is 16.7 Å². The minimum absolute atomic E-state index is 0.0344. The summed E-state index contributed by atoms with van der Waals surface area (Å²) in [5.41, 5.74) is 1.42. The van der Waals surface area contributed by atoms with E-state index in [1.807, 2.05) is 39.0 Å². The van der Waals surface area contributed by atoms with E-state index in [1.165, 1.54) is 51.7 Å². The van der Waals surface area contributed by atoms with Crippen LogP contribution in [0.3, 0.4) is 0 Å². The van der Waals surface area contributed by atoms with Crippen LogP contribution in [0.25, 0.3) is 0 Å². The van der Waals surface area contributed by atoms with E-state index >= 15 is 0 Å². The number of nitrogens with one attached hydrogen (secondary N) is 1. The third kappa shape index (κ3) is 10.2. The van der Waals surface area contributed by atoms with Gasteiger partial charge in [0.15, 0.2) is 0 Å². The predicted octanol–water partition coefficient (Wildman–Crippen LogP) is 4.02. The lowest BCUT2D eigenvalue weighted by Gasteiger charge is -2.34. The Labute approximate surface area is 309 Å². The van der Waals surface area contributed by atoms with Crippen LogP contribution in [0.5, 0.6) is 0 Å². The molecule has 4 amide bonds. The summed E-state index contributed by atoms with van der Waals surface area (Å²) in [6.45, 7) is 6.35. The van der Waals surface area contributed by atoms with Gasteiger partial charge in [0.05, 0.1) is 34.7 Å².